The zero-order chi connectivity index (χ0) is 21.5. The zero-order valence-corrected chi connectivity index (χ0v) is 16.6. The van der Waals surface area contributed by atoms with Crippen molar-refractivity contribution >= 4 is 11.7 Å². The normalized spacial score (nSPS) is 24.9. The van der Waals surface area contributed by atoms with Crippen LogP contribution in [-0.4, -0.2) is 42.9 Å². The van der Waals surface area contributed by atoms with Gasteiger partial charge in [-0.2, -0.15) is 13.2 Å². The van der Waals surface area contributed by atoms with Gasteiger partial charge in [0.1, 0.15) is 5.78 Å². The van der Waals surface area contributed by atoms with Crippen molar-refractivity contribution in [1.29, 1.82) is 0 Å². The fraction of sp³-hybridized carbons (Fsp3) is 0.455. The van der Waals surface area contributed by atoms with Gasteiger partial charge in [-0.1, -0.05) is 18.2 Å². The Hall–Kier alpha value is -2.61. The summed E-state index contributed by atoms with van der Waals surface area (Å²) < 4.78 is 44.5. The number of allylic oxidation sites excluding steroid dienone is 3. The molecule has 0 bridgehead atoms. The van der Waals surface area contributed by atoms with Crippen LogP contribution in [0.25, 0.3) is 0 Å². The predicted molar refractivity (Wildman–Crippen MR) is 103 cm³/mol. The number of halogens is 3. The van der Waals surface area contributed by atoms with E-state index in [0.29, 0.717) is 56.0 Å². The Kier molecular flexibility index (Phi) is 5.44. The van der Waals surface area contributed by atoms with Crippen molar-refractivity contribution in [3.8, 4) is 0 Å². The van der Waals surface area contributed by atoms with Crippen LogP contribution in [-0.2, 0) is 20.5 Å². The van der Waals surface area contributed by atoms with Gasteiger partial charge in [-0.05, 0) is 31.0 Å². The number of morpholine rings is 1. The monoisotopic (exact) mass is 420 g/mol. The van der Waals surface area contributed by atoms with Crippen molar-refractivity contribution in [2.24, 2.45) is 5.92 Å². The van der Waals surface area contributed by atoms with Crippen LogP contribution in [0.5, 0.6) is 0 Å². The van der Waals surface area contributed by atoms with Gasteiger partial charge >= 0.3 is 6.18 Å². The van der Waals surface area contributed by atoms with Crippen LogP contribution < -0.4 is 5.32 Å². The highest BCUT2D eigenvalue weighted by molar-refractivity contribution is 5.99. The molecule has 3 aliphatic rings. The molecule has 0 radical (unpaired) electrons. The number of carbonyl (C=O) groups excluding carboxylic acids is 2. The second-order valence-electron chi connectivity index (χ2n) is 7.81. The van der Waals surface area contributed by atoms with Gasteiger partial charge in [0.2, 0.25) is 0 Å². The fourth-order valence-electron chi connectivity index (χ4n) is 4.47. The first-order valence-electron chi connectivity index (χ1n) is 10.0. The number of nitrogens with zero attached hydrogens (tertiary/aromatic N) is 1. The van der Waals surface area contributed by atoms with Crippen molar-refractivity contribution in [3.05, 3.63) is 58.4 Å². The molecule has 2 aliphatic heterocycles. The molecule has 1 aromatic carbocycles. The number of hydrogen-bond donors (Lipinski definition) is 1. The SMILES string of the molecule is CC1=C(C(=O)N2CCOCC2)C(c2ccc(C(F)(F)F)cc2)C2C(=O)CCC=C2N1. The van der Waals surface area contributed by atoms with Gasteiger partial charge in [-0.25, -0.2) is 0 Å². The Morgan fingerprint density at radius 3 is 2.43 bits per heavy atom. The van der Waals surface area contributed by atoms with E-state index < -0.39 is 23.6 Å². The molecule has 1 aromatic rings. The highest BCUT2D eigenvalue weighted by Gasteiger charge is 2.44. The van der Waals surface area contributed by atoms with E-state index in [0.717, 1.165) is 17.8 Å². The van der Waals surface area contributed by atoms with Crippen LogP contribution in [0, 0.1) is 5.92 Å². The Morgan fingerprint density at radius 2 is 1.80 bits per heavy atom. The van der Waals surface area contributed by atoms with E-state index in [-0.39, 0.29) is 11.7 Å². The van der Waals surface area contributed by atoms with Crippen molar-refractivity contribution in [3.63, 3.8) is 0 Å². The first kappa shape index (κ1) is 20.7. The van der Waals surface area contributed by atoms with Crippen molar-refractivity contribution in [2.45, 2.75) is 31.9 Å². The molecule has 0 saturated carbocycles. The molecule has 4 rings (SSSR count). The number of ketones is 1. The molecule has 1 saturated heterocycles. The van der Waals surface area contributed by atoms with Crippen molar-refractivity contribution < 1.29 is 27.5 Å². The van der Waals surface area contributed by atoms with Gasteiger partial charge in [0.05, 0.1) is 24.7 Å². The highest BCUT2D eigenvalue weighted by Crippen LogP contribution is 2.44. The fourth-order valence-corrected chi connectivity index (χ4v) is 4.47. The first-order valence-corrected chi connectivity index (χ1v) is 10.0. The van der Waals surface area contributed by atoms with E-state index in [1.54, 1.807) is 11.8 Å². The number of hydrogen-bond acceptors (Lipinski definition) is 4. The summed E-state index contributed by atoms with van der Waals surface area (Å²) in [6, 6.07) is 4.80. The molecule has 8 heteroatoms. The Morgan fingerprint density at radius 1 is 1.13 bits per heavy atom. The number of benzene rings is 1. The van der Waals surface area contributed by atoms with E-state index in [1.165, 1.54) is 12.1 Å². The Labute approximate surface area is 172 Å². The molecule has 2 atom stereocenters. The number of amides is 1. The summed E-state index contributed by atoms with van der Waals surface area (Å²) in [5.41, 5.74) is 1.58. The van der Waals surface area contributed by atoms with Crippen molar-refractivity contribution in [2.75, 3.05) is 26.3 Å². The first-order chi connectivity index (χ1) is 14.3. The number of Topliss-reactive ketones (excluding diaryl/α,β-unsaturated/α-hetero) is 1. The van der Waals surface area contributed by atoms with E-state index in [9.17, 15) is 22.8 Å². The summed E-state index contributed by atoms with van der Waals surface area (Å²) in [4.78, 5) is 28.0. The van der Waals surface area contributed by atoms with Gasteiger partial charge in [-0.15, -0.1) is 0 Å². The largest absolute Gasteiger partial charge is 0.416 e. The molecule has 1 aliphatic carbocycles. The van der Waals surface area contributed by atoms with Crippen molar-refractivity contribution in [1.82, 2.24) is 10.2 Å². The second kappa shape index (κ2) is 7.91. The standard InChI is InChI=1S/C22H23F3N2O3/c1-13-18(21(29)27-9-11-30-12-10-27)19(20-16(26-13)3-2-4-17(20)28)14-5-7-15(8-6-14)22(23,24)25/h3,5-8,19-20,26H,2,4,9-12H2,1H3. The maximum atomic E-state index is 13.4. The Bertz CT molecular complexity index is 913. The van der Waals surface area contributed by atoms with E-state index in [1.807, 2.05) is 6.08 Å². The second-order valence-corrected chi connectivity index (χ2v) is 7.81. The number of alkyl halides is 3. The quantitative estimate of drug-likeness (QED) is 0.797. The minimum atomic E-state index is -4.45. The predicted octanol–water partition coefficient (Wildman–Crippen LogP) is 3.39. The highest BCUT2D eigenvalue weighted by atomic mass is 19.4. The third-order valence-corrected chi connectivity index (χ3v) is 5.94. The summed E-state index contributed by atoms with van der Waals surface area (Å²) in [5, 5.41) is 3.22. The number of ether oxygens (including phenoxy) is 1. The summed E-state index contributed by atoms with van der Waals surface area (Å²) in [5.74, 6) is -1.43. The lowest BCUT2D eigenvalue weighted by Gasteiger charge is -2.40. The van der Waals surface area contributed by atoms with Gasteiger partial charge < -0.3 is 15.0 Å². The third-order valence-electron chi connectivity index (χ3n) is 5.94. The molecule has 1 fully saturated rings. The molecule has 2 unspecified atom stereocenters. The maximum absolute atomic E-state index is 13.4. The number of rotatable bonds is 2. The van der Waals surface area contributed by atoms with Crippen LogP contribution in [0.3, 0.4) is 0 Å². The molecular formula is C22H23F3N2O3. The van der Waals surface area contributed by atoms with E-state index in [4.69, 9.17) is 4.74 Å². The van der Waals surface area contributed by atoms with Crippen LogP contribution >= 0.6 is 0 Å². The molecule has 0 spiro atoms. The molecule has 1 amide bonds. The minimum absolute atomic E-state index is 0.00956. The van der Waals surface area contributed by atoms with Gasteiger partial charge in [0, 0.05) is 42.4 Å². The van der Waals surface area contributed by atoms with Gasteiger partial charge in [-0.3, -0.25) is 9.59 Å². The molecule has 1 N–H and O–H groups in total. The molecule has 2 heterocycles. The number of fused-ring (bicyclic) bond motifs is 1. The molecule has 30 heavy (non-hydrogen) atoms. The zero-order valence-electron chi connectivity index (χ0n) is 16.6. The van der Waals surface area contributed by atoms with Gasteiger partial charge in [0.15, 0.2) is 0 Å². The Balaban J connectivity index is 1.79. The summed E-state index contributed by atoms with van der Waals surface area (Å²) in [6.45, 7) is 3.53. The molecule has 5 nitrogen and oxygen atoms in total. The number of nitrogens with one attached hydrogen (secondary N) is 1. The van der Waals surface area contributed by atoms with E-state index in [2.05, 4.69) is 5.32 Å². The lowest BCUT2D eigenvalue weighted by molar-refractivity contribution is -0.137. The summed E-state index contributed by atoms with van der Waals surface area (Å²) >= 11 is 0. The summed E-state index contributed by atoms with van der Waals surface area (Å²) in [7, 11) is 0. The third kappa shape index (κ3) is 3.76. The molecule has 160 valence electrons. The van der Waals surface area contributed by atoms with Gasteiger partial charge in [0.25, 0.3) is 5.91 Å². The van der Waals surface area contributed by atoms with Crippen LogP contribution in [0.4, 0.5) is 13.2 Å². The van der Waals surface area contributed by atoms with Crippen LogP contribution in [0.1, 0.15) is 36.8 Å². The topological polar surface area (TPSA) is 58.6 Å². The maximum Gasteiger partial charge on any atom is 0.416 e. The molecular weight excluding hydrogens is 397 g/mol. The average Bonchev–Trinajstić information content (AvgIpc) is 2.72. The van der Waals surface area contributed by atoms with E-state index >= 15 is 0 Å². The molecule has 0 aromatic heterocycles. The summed E-state index contributed by atoms with van der Waals surface area (Å²) in [6.07, 6.45) is -1.54. The minimum Gasteiger partial charge on any atom is -0.378 e. The lowest BCUT2D eigenvalue weighted by Crippen LogP contribution is -2.47. The van der Waals surface area contributed by atoms with Crippen LogP contribution in [0.2, 0.25) is 0 Å². The number of carbonyl (C=O) groups is 2. The lowest BCUT2D eigenvalue weighted by atomic mass is 9.70. The smallest absolute Gasteiger partial charge is 0.378 e. The van der Waals surface area contributed by atoms with Crippen LogP contribution in [0.15, 0.2) is 47.3 Å². The average molecular weight is 420 g/mol.